The Kier molecular flexibility index (Phi) is 9.57. The maximum atomic E-state index is 12.6. The van der Waals surface area contributed by atoms with Crippen LogP contribution in [-0.4, -0.2) is 53.5 Å². The van der Waals surface area contributed by atoms with Crippen LogP contribution in [0.4, 0.5) is 11.6 Å². The number of hydrogen-bond acceptors (Lipinski definition) is 11. The van der Waals surface area contributed by atoms with Gasteiger partial charge < -0.3 is 21.7 Å². The van der Waals surface area contributed by atoms with Gasteiger partial charge in [-0.3, -0.25) is 19.4 Å². The largest absolute Gasteiger partial charge is 0.379 e. The second-order valence-electron chi connectivity index (χ2n) is 8.91. The molecule has 0 bridgehead atoms. The third kappa shape index (κ3) is 7.96. The summed E-state index contributed by atoms with van der Waals surface area (Å²) < 4.78 is 0. The average molecular weight is 563 g/mol. The lowest BCUT2D eigenvalue weighted by Gasteiger charge is -2.14. The van der Waals surface area contributed by atoms with Crippen LogP contribution in [0.3, 0.4) is 0 Å². The molecule has 2 amide bonds. The number of hydrogen-bond donors (Lipinski definition) is 5. The predicted octanol–water partition coefficient (Wildman–Crippen LogP) is 2.02. The number of rotatable bonds is 12. The Bertz CT molecular complexity index is 1530. The summed E-state index contributed by atoms with van der Waals surface area (Å²) in [7, 11) is 0. The molecule has 1 atom stereocenters. The minimum atomic E-state index is -0.454. The van der Waals surface area contributed by atoms with Crippen molar-refractivity contribution in [3.8, 4) is 0 Å². The molecule has 1 aromatic carbocycles. The van der Waals surface area contributed by atoms with Crippen molar-refractivity contribution in [2.24, 2.45) is 0 Å². The van der Waals surface area contributed by atoms with E-state index in [1.165, 1.54) is 6.20 Å². The van der Waals surface area contributed by atoms with Crippen molar-refractivity contribution >= 4 is 46.4 Å². The fraction of sp³-hybridized carbons (Fsp3) is 0.308. The fourth-order valence-corrected chi connectivity index (χ4v) is 4.15. The molecule has 3 aromatic heterocycles. The topological polar surface area (TPSA) is 194 Å². The minimum absolute atomic E-state index is 0.0171. The number of nitrogens with two attached hydrogens (primary N) is 1. The van der Waals surface area contributed by atoms with E-state index in [0.717, 1.165) is 17.0 Å². The maximum absolute atomic E-state index is 12.6. The van der Waals surface area contributed by atoms with E-state index >= 15 is 0 Å². The summed E-state index contributed by atoms with van der Waals surface area (Å²) in [6, 6.07) is 6.76. The van der Waals surface area contributed by atoms with Crippen molar-refractivity contribution in [1.29, 1.82) is 0 Å². The lowest BCUT2D eigenvalue weighted by Crippen LogP contribution is -2.34. The highest BCUT2D eigenvalue weighted by molar-refractivity contribution is 7.99. The van der Waals surface area contributed by atoms with Gasteiger partial charge in [0.25, 0.3) is 11.5 Å². The molecule has 0 aliphatic carbocycles. The van der Waals surface area contributed by atoms with Crippen molar-refractivity contribution in [2.45, 2.75) is 51.0 Å². The van der Waals surface area contributed by atoms with Gasteiger partial charge >= 0.3 is 0 Å². The van der Waals surface area contributed by atoms with Crippen molar-refractivity contribution in [2.75, 3.05) is 16.8 Å². The van der Waals surface area contributed by atoms with Gasteiger partial charge in [0.05, 0.1) is 18.4 Å². The SMILES string of the molecule is CCSc1ncc(CNC(=O)CC[C@@H](C)NC(=O)c2ccc(NCc3cnc4nc(N)[nH]c(=O)c4n3)cc2)cn1. The van der Waals surface area contributed by atoms with Gasteiger partial charge in [0.1, 0.15) is 0 Å². The summed E-state index contributed by atoms with van der Waals surface area (Å²) in [6.07, 6.45) is 5.72. The van der Waals surface area contributed by atoms with Crippen LogP contribution >= 0.6 is 11.8 Å². The highest BCUT2D eigenvalue weighted by atomic mass is 32.2. The zero-order chi connectivity index (χ0) is 28.5. The standard InChI is InChI=1S/C26H30N10O3S/c1-3-40-26-31-11-16(12-32-26)10-29-20(37)9-4-15(2)33-23(38)17-5-7-18(8-6-17)28-13-19-14-30-22-21(34-19)24(39)36-25(27)35-22/h5-8,11-12,14-15,28H,3-4,9-10,13H2,1-2H3,(H,29,37)(H,33,38)(H3,27,30,35,36,39)/t15-/m1/s1. The fourth-order valence-electron chi connectivity index (χ4n) is 3.64. The predicted molar refractivity (Wildman–Crippen MR) is 153 cm³/mol. The van der Waals surface area contributed by atoms with E-state index in [1.54, 1.807) is 48.4 Å². The average Bonchev–Trinajstić information content (AvgIpc) is 2.95. The molecule has 4 aromatic rings. The smallest absolute Gasteiger partial charge is 0.280 e. The Morgan fingerprint density at radius 2 is 1.80 bits per heavy atom. The zero-order valence-corrected chi connectivity index (χ0v) is 22.9. The highest BCUT2D eigenvalue weighted by Crippen LogP contribution is 2.13. The van der Waals surface area contributed by atoms with Gasteiger partial charge in [-0.2, -0.15) is 4.98 Å². The summed E-state index contributed by atoms with van der Waals surface area (Å²) in [5, 5.41) is 9.67. The molecule has 208 valence electrons. The molecule has 4 rings (SSSR count). The number of carbonyl (C=O) groups excluding carboxylic acids is 2. The van der Waals surface area contributed by atoms with E-state index < -0.39 is 5.56 Å². The van der Waals surface area contributed by atoms with Crippen LogP contribution in [0.2, 0.25) is 0 Å². The molecule has 0 saturated heterocycles. The van der Waals surface area contributed by atoms with Crippen molar-refractivity contribution in [1.82, 2.24) is 40.5 Å². The molecule has 0 spiro atoms. The Morgan fingerprint density at radius 3 is 2.52 bits per heavy atom. The Morgan fingerprint density at radius 1 is 1.05 bits per heavy atom. The van der Waals surface area contributed by atoms with Gasteiger partial charge in [0.2, 0.25) is 11.9 Å². The molecule has 14 heteroatoms. The number of nitrogens with one attached hydrogen (secondary N) is 4. The summed E-state index contributed by atoms with van der Waals surface area (Å²) in [6.45, 7) is 4.56. The van der Waals surface area contributed by atoms with Crippen LogP contribution in [0.1, 0.15) is 48.3 Å². The Balaban J connectivity index is 1.20. The Hall–Kier alpha value is -4.59. The second-order valence-corrected chi connectivity index (χ2v) is 10.1. The van der Waals surface area contributed by atoms with E-state index in [-0.39, 0.29) is 41.4 Å². The number of H-pyrrole nitrogens is 1. The molecular weight excluding hydrogens is 532 g/mol. The molecule has 0 aliphatic heterocycles. The van der Waals surface area contributed by atoms with Crippen LogP contribution in [0.5, 0.6) is 0 Å². The maximum Gasteiger partial charge on any atom is 0.280 e. The third-order valence-corrected chi connectivity index (χ3v) is 6.49. The monoisotopic (exact) mass is 562 g/mol. The van der Waals surface area contributed by atoms with Gasteiger partial charge in [0, 0.05) is 48.2 Å². The molecule has 13 nitrogen and oxygen atoms in total. The quantitative estimate of drug-likeness (QED) is 0.125. The van der Waals surface area contributed by atoms with Gasteiger partial charge in [-0.25, -0.2) is 19.9 Å². The van der Waals surface area contributed by atoms with Gasteiger partial charge in [-0.05, 0) is 43.4 Å². The molecule has 0 aliphatic rings. The van der Waals surface area contributed by atoms with Gasteiger partial charge in [-0.15, -0.1) is 0 Å². The number of anilines is 2. The number of carbonyl (C=O) groups is 2. The molecule has 0 fully saturated rings. The number of benzene rings is 1. The lowest BCUT2D eigenvalue weighted by atomic mass is 10.1. The first-order valence-corrected chi connectivity index (χ1v) is 13.7. The number of nitrogen functional groups attached to an aromatic ring is 1. The van der Waals surface area contributed by atoms with Crippen LogP contribution < -0.4 is 27.2 Å². The van der Waals surface area contributed by atoms with E-state index in [2.05, 4.69) is 45.9 Å². The summed E-state index contributed by atoms with van der Waals surface area (Å²) in [5.74, 6) is 0.547. The van der Waals surface area contributed by atoms with Crippen LogP contribution in [0.25, 0.3) is 11.2 Å². The summed E-state index contributed by atoms with van der Waals surface area (Å²) in [5.41, 5.74) is 7.99. The summed E-state index contributed by atoms with van der Waals surface area (Å²) in [4.78, 5) is 60.2. The lowest BCUT2D eigenvalue weighted by molar-refractivity contribution is -0.121. The first kappa shape index (κ1) is 28.4. The highest BCUT2D eigenvalue weighted by Gasteiger charge is 2.12. The van der Waals surface area contributed by atoms with Crippen LogP contribution in [0.15, 0.2) is 52.8 Å². The summed E-state index contributed by atoms with van der Waals surface area (Å²) >= 11 is 1.56. The zero-order valence-electron chi connectivity index (χ0n) is 22.1. The van der Waals surface area contributed by atoms with E-state index in [1.807, 2.05) is 13.8 Å². The first-order chi connectivity index (χ1) is 19.3. The van der Waals surface area contributed by atoms with Crippen molar-refractivity contribution in [3.63, 3.8) is 0 Å². The molecule has 0 unspecified atom stereocenters. The normalized spacial score (nSPS) is 11.7. The number of thioether (sulfide) groups is 1. The molecule has 6 N–H and O–H groups in total. The number of fused-ring (bicyclic) bond motifs is 1. The number of amides is 2. The van der Waals surface area contributed by atoms with Gasteiger partial charge in [-0.1, -0.05) is 18.7 Å². The molecule has 40 heavy (non-hydrogen) atoms. The minimum Gasteiger partial charge on any atom is -0.379 e. The molecule has 3 heterocycles. The Labute approximate surface area is 234 Å². The number of nitrogens with zero attached hydrogens (tertiary/aromatic N) is 5. The molecular formula is C26H30N10O3S. The van der Waals surface area contributed by atoms with Crippen LogP contribution in [-0.2, 0) is 17.9 Å². The van der Waals surface area contributed by atoms with Crippen molar-refractivity contribution < 1.29 is 9.59 Å². The van der Waals surface area contributed by atoms with Gasteiger partial charge in [0.15, 0.2) is 16.3 Å². The number of aromatic nitrogens is 6. The number of aromatic amines is 1. The van der Waals surface area contributed by atoms with E-state index in [4.69, 9.17) is 5.73 Å². The van der Waals surface area contributed by atoms with E-state index in [0.29, 0.717) is 35.9 Å². The van der Waals surface area contributed by atoms with E-state index in [9.17, 15) is 14.4 Å². The molecule has 0 saturated carbocycles. The van der Waals surface area contributed by atoms with Crippen molar-refractivity contribution in [3.05, 3.63) is 70.0 Å². The third-order valence-electron chi connectivity index (χ3n) is 5.73. The second kappa shape index (κ2) is 13.5. The van der Waals surface area contributed by atoms with Crippen LogP contribution in [0, 0.1) is 0 Å². The first-order valence-electron chi connectivity index (χ1n) is 12.7. The molecule has 0 radical (unpaired) electrons.